The van der Waals surface area contributed by atoms with Crippen molar-refractivity contribution in [3.63, 3.8) is 0 Å². The minimum Gasteiger partial charge on any atom is -0.485 e. The van der Waals surface area contributed by atoms with Gasteiger partial charge in [0.1, 0.15) is 6.61 Å². The molecule has 1 N–H and O–H groups in total. The second-order valence-electron chi connectivity index (χ2n) is 6.46. The van der Waals surface area contributed by atoms with Crippen molar-refractivity contribution in [1.82, 2.24) is 10.2 Å². The molecule has 0 fully saturated rings. The Morgan fingerprint density at radius 3 is 2.68 bits per heavy atom. The first-order valence-electron chi connectivity index (χ1n) is 8.50. The topological polar surface area (TPSA) is 50.8 Å². The predicted molar refractivity (Wildman–Crippen MR) is 96.9 cm³/mol. The number of fused-ring (bicyclic) bond motifs is 1. The van der Waals surface area contributed by atoms with Crippen LogP contribution in [0.25, 0.3) is 0 Å². The van der Waals surface area contributed by atoms with Crippen molar-refractivity contribution in [3.05, 3.63) is 59.7 Å². The van der Waals surface area contributed by atoms with Crippen molar-refractivity contribution in [2.75, 3.05) is 27.2 Å². The number of ether oxygens (including phenoxy) is 2. The quantitative estimate of drug-likeness (QED) is 0.876. The summed E-state index contributed by atoms with van der Waals surface area (Å²) in [6, 6.07) is 15.8. The Kier molecular flexibility index (Phi) is 5.56. The standard InChI is InChI=1S/C20H24N2O3/c1-22(2)13-16-7-5-6-15(12-16)10-11-21-20(23)19-14-24-17-8-3-4-9-18(17)25-19/h3-9,12,19H,10-11,13-14H2,1-2H3,(H,21,23)/t19-/m1/s1. The summed E-state index contributed by atoms with van der Waals surface area (Å²) in [4.78, 5) is 14.4. The summed E-state index contributed by atoms with van der Waals surface area (Å²) in [6.45, 7) is 1.72. The van der Waals surface area contributed by atoms with Crippen LogP contribution in [0.1, 0.15) is 11.1 Å². The van der Waals surface area contributed by atoms with Crippen LogP contribution in [-0.2, 0) is 17.8 Å². The van der Waals surface area contributed by atoms with Gasteiger partial charge in [0, 0.05) is 13.1 Å². The Morgan fingerprint density at radius 2 is 1.88 bits per heavy atom. The van der Waals surface area contributed by atoms with Crippen molar-refractivity contribution >= 4 is 5.91 Å². The van der Waals surface area contributed by atoms with Crippen molar-refractivity contribution < 1.29 is 14.3 Å². The number of hydrogen-bond donors (Lipinski definition) is 1. The van der Waals surface area contributed by atoms with Crippen LogP contribution in [0.2, 0.25) is 0 Å². The maximum atomic E-state index is 12.3. The van der Waals surface area contributed by atoms with Crippen molar-refractivity contribution in [2.45, 2.75) is 19.1 Å². The summed E-state index contributed by atoms with van der Waals surface area (Å²) >= 11 is 0. The van der Waals surface area contributed by atoms with Crippen LogP contribution in [0, 0.1) is 0 Å². The normalized spacial score (nSPS) is 15.9. The van der Waals surface area contributed by atoms with Crippen LogP contribution >= 0.6 is 0 Å². The van der Waals surface area contributed by atoms with Gasteiger partial charge >= 0.3 is 0 Å². The molecule has 5 heteroatoms. The Bertz CT molecular complexity index is 730. The third-order valence-electron chi connectivity index (χ3n) is 4.00. The van der Waals surface area contributed by atoms with Gasteiger partial charge in [-0.3, -0.25) is 4.79 Å². The summed E-state index contributed by atoms with van der Waals surface area (Å²) in [5.74, 6) is 1.16. The highest BCUT2D eigenvalue weighted by Gasteiger charge is 2.26. The van der Waals surface area contributed by atoms with E-state index in [0.717, 1.165) is 13.0 Å². The van der Waals surface area contributed by atoms with E-state index in [-0.39, 0.29) is 12.5 Å². The van der Waals surface area contributed by atoms with E-state index in [4.69, 9.17) is 9.47 Å². The SMILES string of the molecule is CN(C)Cc1cccc(CCNC(=O)[C@H]2COc3ccccc3O2)c1. The third-order valence-corrected chi connectivity index (χ3v) is 4.00. The van der Waals surface area contributed by atoms with Crippen LogP contribution in [0.3, 0.4) is 0 Å². The second-order valence-corrected chi connectivity index (χ2v) is 6.46. The molecule has 1 aliphatic heterocycles. The molecule has 2 aromatic rings. The molecule has 0 saturated heterocycles. The minimum absolute atomic E-state index is 0.140. The highest BCUT2D eigenvalue weighted by Crippen LogP contribution is 2.30. The van der Waals surface area contributed by atoms with Crippen LogP contribution in [0.4, 0.5) is 0 Å². The first-order chi connectivity index (χ1) is 12.1. The Labute approximate surface area is 148 Å². The molecule has 0 aliphatic carbocycles. The highest BCUT2D eigenvalue weighted by molar-refractivity contribution is 5.81. The zero-order chi connectivity index (χ0) is 17.6. The summed E-state index contributed by atoms with van der Waals surface area (Å²) in [6.07, 6.45) is 0.187. The van der Waals surface area contributed by atoms with Gasteiger partial charge < -0.3 is 19.7 Å². The Hall–Kier alpha value is -2.53. The Balaban J connectivity index is 1.49. The molecular formula is C20H24N2O3. The van der Waals surface area contributed by atoms with Gasteiger partial charge in [-0.15, -0.1) is 0 Å². The molecule has 1 aliphatic rings. The number of nitrogens with zero attached hydrogens (tertiary/aromatic N) is 1. The molecule has 0 radical (unpaired) electrons. The fraction of sp³-hybridized carbons (Fsp3) is 0.350. The molecular weight excluding hydrogens is 316 g/mol. The summed E-state index contributed by atoms with van der Waals surface area (Å²) in [7, 11) is 4.11. The predicted octanol–water partition coefficient (Wildman–Crippen LogP) is 2.25. The molecule has 1 heterocycles. The number of hydrogen-bond acceptors (Lipinski definition) is 4. The number of nitrogens with one attached hydrogen (secondary N) is 1. The van der Waals surface area contributed by atoms with Gasteiger partial charge in [-0.2, -0.15) is 0 Å². The van der Waals surface area contributed by atoms with Crippen molar-refractivity contribution in [3.8, 4) is 11.5 Å². The summed E-state index contributed by atoms with van der Waals surface area (Å²) in [5, 5.41) is 2.94. The lowest BCUT2D eigenvalue weighted by atomic mass is 10.1. The molecule has 25 heavy (non-hydrogen) atoms. The van der Waals surface area contributed by atoms with Crippen molar-refractivity contribution in [2.24, 2.45) is 0 Å². The van der Waals surface area contributed by atoms with Crippen LogP contribution in [0.15, 0.2) is 48.5 Å². The van der Waals surface area contributed by atoms with E-state index in [1.807, 2.05) is 24.3 Å². The lowest BCUT2D eigenvalue weighted by molar-refractivity contribution is -0.130. The first-order valence-corrected chi connectivity index (χ1v) is 8.50. The fourth-order valence-corrected chi connectivity index (χ4v) is 2.84. The third kappa shape index (κ3) is 4.73. The largest absolute Gasteiger partial charge is 0.485 e. The average molecular weight is 340 g/mol. The fourth-order valence-electron chi connectivity index (χ4n) is 2.84. The number of benzene rings is 2. The van der Waals surface area contributed by atoms with Gasteiger partial charge in [-0.25, -0.2) is 0 Å². The highest BCUT2D eigenvalue weighted by atomic mass is 16.6. The molecule has 1 amide bonds. The molecule has 0 saturated carbocycles. The first kappa shape index (κ1) is 17.3. The lowest BCUT2D eigenvalue weighted by Crippen LogP contribution is -2.44. The summed E-state index contributed by atoms with van der Waals surface area (Å²) in [5.41, 5.74) is 2.49. The number of rotatable bonds is 6. The zero-order valence-corrected chi connectivity index (χ0v) is 14.7. The van der Waals surface area contributed by atoms with E-state index < -0.39 is 6.10 Å². The number of carbonyl (C=O) groups excluding carboxylic acids is 1. The number of carbonyl (C=O) groups is 1. The maximum Gasteiger partial charge on any atom is 0.264 e. The van der Waals surface area contributed by atoms with Crippen molar-refractivity contribution in [1.29, 1.82) is 0 Å². The van der Waals surface area contributed by atoms with Gasteiger partial charge in [0.2, 0.25) is 6.10 Å². The molecule has 2 aromatic carbocycles. The Morgan fingerprint density at radius 1 is 1.12 bits per heavy atom. The molecule has 0 bridgehead atoms. The summed E-state index contributed by atoms with van der Waals surface area (Å²) < 4.78 is 11.3. The molecule has 1 atom stereocenters. The van der Waals surface area contributed by atoms with E-state index in [2.05, 4.69) is 48.6 Å². The molecule has 0 aromatic heterocycles. The molecule has 3 rings (SSSR count). The zero-order valence-electron chi connectivity index (χ0n) is 14.7. The minimum atomic E-state index is -0.602. The molecule has 5 nitrogen and oxygen atoms in total. The van der Waals surface area contributed by atoms with Crippen LogP contribution < -0.4 is 14.8 Å². The van der Waals surface area contributed by atoms with Crippen LogP contribution in [0.5, 0.6) is 11.5 Å². The lowest BCUT2D eigenvalue weighted by Gasteiger charge is -2.25. The van der Waals surface area contributed by atoms with E-state index in [1.165, 1.54) is 11.1 Å². The monoisotopic (exact) mass is 340 g/mol. The van der Waals surface area contributed by atoms with Gasteiger partial charge in [-0.1, -0.05) is 36.4 Å². The molecule has 0 unspecified atom stereocenters. The second kappa shape index (κ2) is 8.03. The smallest absolute Gasteiger partial charge is 0.264 e. The van der Waals surface area contributed by atoms with E-state index in [9.17, 15) is 4.79 Å². The van der Waals surface area contributed by atoms with E-state index in [1.54, 1.807) is 0 Å². The molecule has 132 valence electrons. The van der Waals surface area contributed by atoms with Gasteiger partial charge in [0.15, 0.2) is 11.5 Å². The molecule has 0 spiro atoms. The average Bonchev–Trinajstić information content (AvgIpc) is 2.61. The maximum absolute atomic E-state index is 12.3. The number of amides is 1. The van der Waals surface area contributed by atoms with Gasteiger partial charge in [0.25, 0.3) is 5.91 Å². The van der Waals surface area contributed by atoms with Gasteiger partial charge in [0.05, 0.1) is 0 Å². The number of para-hydroxylation sites is 2. The van der Waals surface area contributed by atoms with E-state index in [0.29, 0.717) is 18.0 Å². The van der Waals surface area contributed by atoms with Crippen LogP contribution in [-0.4, -0.2) is 44.2 Å². The van der Waals surface area contributed by atoms with E-state index >= 15 is 0 Å². The van der Waals surface area contributed by atoms with Gasteiger partial charge in [-0.05, 0) is 43.8 Å².